The molecule has 0 bridgehead atoms. The average Bonchev–Trinajstić information content (AvgIpc) is 3.93. The molecule has 56 heavy (non-hydrogen) atoms. The van der Waals surface area contributed by atoms with Gasteiger partial charge in [0, 0.05) is 0 Å². The molecule has 6 rings (SSSR count). The van der Waals surface area contributed by atoms with Gasteiger partial charge in [-0.25, -0.2) is 0 Å². The van der Waals surface area contributed by atoms with Crippen LogP contribution in [-0.4, -0.2) is 267 Å². The Kier molecular flexibility index (Phi) is 14.0. The summed E-state index contributed by atoms with van der Waals surface area (Å²) in [6.07, 6.45) is -39.4. The fourth-order valence-corrected chi connectivity index (χ4v) is 8.05. The summed E-state index contributed by atoms with van der Waals surface area (Å²) < 4.78 is 44.3. The fourth-order valence-electron chi connectivity index (χ4n) is 8.05. The summed E-state index contributed by atoms with van der Waals surface area (Å²) in [5.41, 5.74) is -1.56. The molecule has 26 unspecified atom stereocenters. The van der Waals surface area contributed by atoms with Crippen LogP contribution in [0.25, 0.3) is 0 Å². The van der Waals surface area contributed by atoms with Crippen molar-refractivity contribution in [2.75, 3.05) is 26.4 Å². The van der Waals surface area contributed by atoms with Gasteiger partial charge in [0.05, 0.1) is 44.6 Å². The number of nitrogens with one attached hydrogen (secondary N) is 1. The van der Waals surface area contributed by atoms with Gasteiger partial charge in [0.15, 0.2) is 25.2 Å². The molecule has 6 fully saturated rings. The second-order valence-electron chi connectivity index (χ2n) is 14.9. The number of aliphatic hydroxyl groups is 16. The molecule has 0 radical (unpaired) electrons. The van der Waals surface area contributed by atoms with Gasteiger partial charge in [-0.3, -0.25) is 0 Å². The molecule has 0 aromatic rings. The molecule has 25 heteroatoms. The third-order valence-electron chi connectivity index (χ3n) is 11.5. The van der Waals surface area contributed by atoms with Crippen LogP contribution >= 0.6 is 0 Å². The highest BCUT2D eigenvalue weighted by molar-refractivity contribution is 5.22. The van der Waals surface area contributed by atoms with E-state index in [0.29, 0.717) is 0 Å². The standard InChI is InChI=1S/C31H53NO24/c1-6-10(32-11-13(38)17(42)25(47)31(5-36)26(11)56-31)12(37)19(44)28(49-6)53-23-8(3-34)51-30(20(45)15(23)40)55-24-9(4-35)52-29(21(46)16(24)41)54-22-7(2-33)50-27(48)18(43)14(22)39/h6-30,32-48H,2-5H2,1H3. The zero-order valence-electron chi connectivity index (χ0n) is 29.7. The van der Waals surface area contributed by atoms with E-state index in [2.05, 4.69) is 5.32 Å². The quantitative estimate of drug-likeness (QED) is 0.0812. The van der Waals surface area contributed by atoms with Crippen molar-refractivity contribution < 1.29 is 120 Å². The van der Waals surface area contributed by atoms with E-state index in [1.54, 1.807) is 0 Å². The van der Waals surface area contributed by atoms with E-state index in [0.717, 1.165) is 0 Å². The topological polar surface area (TPSA) is 413 Å². The predicted molar refractivity (Wildman–Crippen MR) is 170 cm³/mol. The highest BCUT2D eigenvalue weighted by Crippen LogP contribution is 2.48. The number of aliphatic hydroxyl groups excluding tert-OH is 16. The van der Waals surface area contributed by atoms with E-state index in [4.69, 9.17) is 37.9 Å². The normalized spacial score (nSPS) is 56.4. The van der Waals surface area contributed by atoms with Gasteiger partial charge in [0.25, 0.3) is 0 Å². The van der Waals surface area contributed by atoms with Gasteiger partial charge < -0.3 is 125 Å². The van der Waals surface area contributed by atoms with Gasteiger partial charge in [-0.05, 0) is 6.92 Å². The lowest BCUT2D eigenvalue weighted by molar-refractivity contribution is -0.385. The number of hydrogen-bond donors (Lipinski definition) is 17. The Bertz CT molecular complexity index is 1290. The van der Waals surface area contributed by atoms with Crippen molar-refractivity contribution in [3.63, 3.8) is 0 Å². The number of fused-ring (bicyclic) bond motifs is 1. The van der Waals surface area contributed by atoms with Gasteiger partial charge in [0.2, 0.25) is 0 Å². The lowest BCUT2D eigenvalue weighted by atomic mass is 9.79. The Hall–Kier alpha value is -1.00. The van der Waals surface area contributed by atoms with Crippen LogP contribution in [0.15, 0.2) is 0 Å². The van der Waals surface area contributed by atoms with Gasteiger partial charge in [-0.2, -0.15) is 0 Å². The number of hydrogen-bond acceptors (Lipinski definition) is 25. The maximum Gasteiger partial charge on any atom is 0.187 e. The van der Waals surface area contributed by atoms with Crippen molar-refractivity contribution in [2.45, 2.75) is 166 Å². The van der Waals surface area contributed by atoms with Crippen LogP contribution in [0, 0.1) is 0 Å². The van der Waals surface area contributed by atoms with Gasteiger partial charge in [0.1, 0.15) is 115 Å². The smallest absolute Gasteiger partial charge is 0.187 e. The largest absolute Gasteiger partial charge is 0.394 e. The summed E-state index contributed by atoms with van der Waals surface area (Å²) in [5, 5.41) is 170. The highest BCUT2D eigenvalue weighted by Gasteiger charge is 2.72. The molecule has 1 aliphatic carbocycles. The third kappa shape index (κ3) is 7.86. The first kappa shape index (κ1) is 44.5. The van der Waals surface area contributed by atoms with Crippen LogP contribution in [0.3, 0.4) is 0 Å². The van der Waals surface area contributed by atoms with Crippen molar-refractivity contribution >= 4 is 0 Å². The molecular weight excluding hydrogens is 770 g/mol. The summed E-state index contributed by atoms with van der Waals surface area (Å²) in [4.78, 5) is 0. The molecule has 1 saturated carbocycles. The van der Waals surface area contributed by atoms with E-state index in [-0.39, 0.29) is 0 Å². The second kappa shape index (κ2) is 17.5. The molecule has 5 heterocycles. The maximum absolute atomic E-state index is 11.1. The van der Waals surface area contributed by atoms with E-state index < -0.39 is 185 Å². The Morgan fingerprint density at radius 3 is 1.36 bits per heavy atom. The molecule has 6 aliphatic rings. The van der Waals surface area contributed by atoms with E-state index in [1.165, 1.54) is 6.92 Å². The Labute approximate surface area is 317 Å². The van der Waals surface area contributed by atoms with Crippen LogP contribution in [-0.2, 0) is 37.9 Å². The minimum atomic E-state index is -2.05. The molecule has 0 aromatic heterocycles. The molecule has 0 aromatic carbocycles. The molecular formula is C31H53NO24. The minimum Gasteiger partial charge on any atom is -0.394 e. The van der Waals surface area contributed by atoms with Gasteiger partial charge in [-0.15, -0.1) is 0 Å². The van der Waals surface area contributed by atoms with Crippen molar-refractivity contribution in [1.82, 2.24) is 5.32 Å². The second-order valence-corrected chi connectivity index (χ2v) is 14.9. The fraction of sp³-hybridized carbons (Fsp3) is 1.00. The van der Waals surface area contributed by atoms with Crippen molar-refractivity contribution in [1.29, 1.82) is 0 Å². The van der Waals surface area contributed by atoms with E-state index in [9.17, 15) is 81.7 Å². The van der Waals surface area contributed by atoms with Crippen LogP contribution < -0.4 is 5.32 Å². The van der Waals surface area contributed by atoms with Crippen LogP contribution in [0.1, 0.15) is 6.92 Å². The SMILES string of the molecule is CC1OC(OC2C(CO)OC(OC3C(CO)OC(OC4C(CO)OC(O)C(O)C4O)C(O)C3O)C(O)C2O)C(O)C(O)C1NC1C(O)C(O)C(O)C2(CO)OC12. The van der Waals surface area contributed by atoms with Crippen molar-refractivity contribution in [3.05, 3.63) is 0 Å². The molecule has 26 atom stereocenters. The summed E-state index contributed by atoms with van der Waals surface area (Å²) in [6.45, 7) is -1.90. The summed E-state index contributed by atoms with van der Waals surface area (Å²) >= 11 is 0. The third-order valence-corrected chi connectivity index (χ3v) is 11.5. The zero-order chi connectivity index (χ0) is 41.1. The summed E-state index contributed by atoms with van der Waals surface area (Å²) in [6, 6.07) is -2.31. The van der Waals surface area contributed by atoms with Crippen LogP contribution in [0.4, 0.5) is 0 Å². The van der Waals surface area contributed by atoms with E-state index >= 15 is 0 Å². The monoisotopic (exact) mass is 823 g/mol. The first-order chi connectivity index (χ1) is 26.5. The van der Waals surface area contributed by atoms with Gasteiger partial charge in [-0.1, -0.05) is 0 Å². The highest BCUT2D eigenvalue weighted by atomic mass is 16.8. The van der Waals surface area contributed by atoms with Crippen molar-refractivity contribution in [2.24, 2.45) is 0 Å². The number of rotatable bonds is 12. The Morgan fingerprint density at radius 1 is 0.482 bits per heavy atom. The van der Waals surface area contributed by atoms with Gasteiger partial charge >= 0.3 is 0 Å². The van der Waals surface area contributed by atoms with Crippen LogP contribution in [0.2, 0.25) is 0 Å². The summed E-state index contributed by atoms with van der Waals surface area (Å²) in [7, 11) is 0. The predicted octanol–water partition coefficient (Wildman–Crippen LogP) is -11.5. The number of epoxide rings is 1. The molecule has 17 N–H and O–H groups in total. The first-order valence-electron chi connectivity index (χ1n) is 18.1. The zero-order valence-corrected chi connectivity index (χ0v) is 29.7. The molecule has 5 aliphatic heterocycles. The Morgan fingerprint density at radius 2 is 0.893 bits per heavy atom. The first-order valence-corrected chi connectivity index (χ1v) is 18.1. The van der Waals surface area contributed by atoms with E-state index in [1.807, 2.05) is 0 Å². The summed E-state index contributed by atoms with van der Waals surface area (Å²) in [5.74, 6) is 0. The lowest BCUT2D eigenvalue weighted by Gasteiger charge is -2.49. The lowest BCUT2D eigenvalue weighted by Crippen LogP contribution is -2.70. The molecule has 0 spiro atoms. The maximum atomic E-state index is 11.1. The molecule has 326 valence electrons. The molecule has 0 amide bonds. The molecule has 25 nitrogen and oxygen atoms in total. The number of ether oxygens (including phenoxy) is 8. The minimum absolute atomic E-state index is 0.684. The Balaban J connectivity index is 1.07. The molecule has 5 saturated heterocycles. The van der Waals surface area contributed by atoms with Crippen LogP contribution in [0.5, 0.6) is 0 Å². The average molecular weight is 824 g/mol. The van der Waals surface area contributed by atoms with Crippen molar-refractivity contribution in [3.8, 4) is 0 Å².